The largest absolute Gasteiger partial charge is 0.338 e. The van der Waals surface area contributed by atoms with E-state index in [0.717, 1.165) is 18.5 Å². The van der Waals surface area contributed by atoms with Gasteiger partial charge in [0.05, 0.1) is 5.69 Å². The smallest absolute Gasteiger partial charge is 0.274 e. The number of hydrogen-bond acceptors (Lipinski definition) is 4. The van der Waals surface area contributed by atoms with E-state index in [-0.39, 0.29) is 17.2 Å². The average Bonchev–Trinajstić information content (AvgIpc) is 2.62. The molecule has 0 saturated heterocycles. The SMILES string of the molecule is O=C(Nc1cccc(Cl)c1)c1cc(Nc2ccc(F)c(F)c2F)ncn1. The summed E-state index contributed by atoms with van der Waals surface area (Å²) in [5, 5.41) is 5.51. The van der Waals surface area contributed by atoms with Crippen LogP contribution in [0.3, 0.4) is 0 Å². The Balaban J connectivity index is 1.80. The molecule has 9 heteroatoms. The Morgan fingerprint density at radius 1 is 1.00 bits per heavy atom. The number of anilines is 3. The van der Waals surface area contributed by atoms with Crippen molar-refractivity contribution in [3.05, 3.63) is 77.0 Å². The second-order valence-corrected chi connectivity index (χ2v) is 5.54. The third kappa shape index (κ3) is 3.92. The van der Waals surface area contributed by atoms with Crippen LogP contribution in [-0.4, -0.2) is 15.9 Å². The fourth-order valence-electron chi connectivity index (χ4n) is 2.07. The molecule has 132 valence electrons. The van der Waals surface area contributed by atoms with Crippen LogP contribution in [0.1, 0.15) is 10.5 Å². The monoisotopic (exact) mass is 378 g/mol. The number of rotatable bonds is 4. The normalized spacial score (nSPS) is 10.5. The summed E-state index contributed by atoms with van der Waals surface area (Å²) in [5.74, 6) is -4.83. The van der Waals surface area contributed by atoms with Gasteiger partial charge in [-0.3, -0.25) is 4.79 Å². The van der Waals surface area contributed by atoms with Crippen LogP contribution in [0.15, 0.2) is 48.8 Å². The van der Waals surface area contributed by atoms with Crippen LogP contribution in [0, 0.1) is 17.5 Å². The van der Waals surface area contributed by atoms with E-state index in [1.165, 1.54) is 6.07 Å². The Bertz CT molecular complexity index is 984. The molecule has 1 aromatic heterocycles. The first-order chi connectivity index (χ1) is 12.4. The van der Waals surface area contributed by atoms with Crippen molar-refractivity contribution in [1.82, 2.24) is 9.97 Å². The van der Waals surface area contributed by atoms with Crippen molar-refractivity contribution in [2.75, 3.05) is 10.6 Å². The van der Waals surface area contributed by atoms with Crippen molar-refractivity contribution >= 4 is 34.7 Å². The number of carbonyl (C=O) groups is 1. The highest BCUT2D eigenvalue weighted by molar-refractivity contribution is 6.30. The van der Waals surface area contributed by atoms with Gasteiger partial charge in [0, 0.05) is 16.8 Å². The maximum Gasteiger partial charge on any atom is 0.274 e. The van der Waals surface area contributed by atoms with Crippen molar-refractivity contribution in [3.63, 3.8) is 0 Å². The van der Waals surface area contributed by atoms with Gasteiger partial charge >= 0.3 is 0 Å². The number of halogens is 4. The molecule has 26 heavy (non-hydrogen) atoms. The van der Waals surface area contributed by atoms with Gasteiger partial charge in [-0.05, 0) is 30.3 Å². The molecule has 0 aliphatic carbocycles. The highest BCUT2D eigenvalue weighted by Gasteiger charge is 2.15. The minimum absolute atomic E-state index is 0.0227. The van der Waals surface area contributed by atoms with Gasteiger partial charge in [0.2, 0.25) is 0 Å². The number of hydrogen-bond donors (Lipinski definition) is 2. The van der Waals surface area contributed by atoms with E-state index in [1.807, 2.05) is 0 Å². The quantitative estimate of drug-likeness (QED) is 0.654. The first-order valence-corrected chi connectivity index (χ1v) is 7.61. The molecule has 0 aliphatic heterocycles. The van der Waals surface area contributed by atoms with Crippen LogP contribution in [0.2, 0.25) is 5.02 Å². The van der Waals surface area contributed by atoms with E-state index in [4.69, 9.17) is 11.6 Å². The van der Waals surface area contributed by atoms with Crippen molar-refractivity contribution in [2.45, 2.75) is 0 Å². The molecular formula is C17H10ClF3N4O. The van der Waals surface area contributed by atoms with Crippen molar-refractivity contribution in [2.24, 2.45) is 0 Å². The van der Waals surface area contributed by atoms with Crippen LogP contribution in [-0.2, 0) is 0 Å². The summed E-state index contributed by atoms with van der Waals surface area (Å²) in [7, 11) is 0. The Kier molecular flexibility index (Phi) is 5.04. The van der Waals surface area contributed by atoms with E-state index < -0.39 is 23.4 Å². The summed E-state index contributed by atoms with van der Waals surface area (Å²) in [6.07, 6.45) is 1.08. The third-order valence-electron chi connectivity index (χ3n) is 3.28. The number of carbonyl (C=O) groups excluding carboxylic acids is 1. The summed E-state index contributed by atoms with van der Waals surface area (Å²) in [4.78, 5) is 19.9. The van der Waals surface area contributed by atoms with Gasteiger partial charge in [-0.1, -0.05) is 17.7 Å². The number of amides is 1. The Morgan fingerprint density at radius 2 is 1.81 bits per heavy atom. The lowest BCUT2D eigenvalue weighted by atomic mass is 10.2. The van der Waals surface area contributed by atoms with Gasteiger partial charge < -0.3 is 10.6 Å². The maximum absolute atomic E-state index is 13.7. The van der Waals surface area contributed by atoms with Crippen LogP contribution >= 0.6 is 11.6 Å². The summed E-state index contributed by atoms with van der Waals surface area (Å²) in [6, 6.07) is 9.53. The Hall–Kier alpha value is -3.13. The summed E-state index contributed by atoms with van der Waals surface area (Å²) in [5.41, 5.74) is 0.108. The lowest BCUT2D eigenvalue weighted by Crippen LogP contribution is -2.14. The zero-order valence-electron chi connectivity index (χ0n) is 12.9. The summed E-state index contributed by atoms with van der Waals surface area (Å²) >= 11 is 5.85. The molecule has 0 fully saturated rings. The van der Waals surface area contributed by atoms with Gasteiger partial charge in [-0.2, -0.15) is 0 Å². The average molecular weight is 379 g/mol. The van der Waals surface area contributed by atoms with Crippen LogP contribution < -0.4 is 10.6 Å². The molecule has 2 aromatic carbocycles. The second-order valence-electron chi connectivity index (χ2n) is 5.10. The van der Waals surface area contributed by atoms with Crippen molar-refractivity contribution < 1.29 is 18.0 Å². The summed E-state index contributed by atoms with van der Waals surface area (Å²) in [6.45, 7) is 0. The number of aromatic nitrogens is 2. The molecule has 0 atom stereocenters. The Labute approximate surface area is 150 Å². The maximum atomic E-state index is 13.7. The number of benzene rings is 2. The zero-order valence-corrected chi connectivity index (χ0v) is 13.7. The minimum Gasteiger partial charge on any atom is -0.338 e. The predicted octanol–water partition coefficient (Wildman–Crippen LogP) is 4.54. The van der Waals surface area contributed by atoms with Crippen molar-refractivity contribution in [3.8, 4) is 0 Å². The molecule has 2 N–H and O–H groups in total. The highest BCUT2D eigenvalue weighted by atomic mass is 35.5. The number of nitrogens with zero attached hydrogens (tertiary/aromatic N) is 2. The molecule has 5 nitrogen and oxygen atoms in total. The predicted molar refractivity (Wildman–Crippen MR) is 91.0 cm³/mol. The molecule has 0 unspecified atom stereocenters. The van der Waals surface area contributed by atoms with E-state index in [2.05, 4.69) is 20.6 Å². The molecular weight excluding hydrogens is 369 g/mol. The van der Waals surface area contributed by atoms with Gasteiger partial charge in [0.15, 0.2) is 17.5 Å². The van der Waals surface area contributed by atoms with E-state index >= 15 is 0 Å². The minimum atomic E-state index is -1.61. The molecule has 0 aliphatic rings. The molecule has 0 saturated carbocycles. The van der Waals surface area contributed by atoms with Crippen LogP contribution in [0.25, 0.3) is 0 Å². The van der Waals surface area contributed by atoms with Crippen LogP contribution in [0.5, 0.6) is 0 Å². The van der Waals surface area contributed by atoms with Crippen LogP contribution in [0.4, 0.5) is 30.4 Å². The molecule has 0 bridgehead atoms. The van der Waals surface area contributed by atoms with Gasteiger partial charge in [-0.25, -0.2) is 23.1 Å². The summed E-state index contributed by atoms with van der Waals surface area (Å²) < 4.78 is 40.0. The standard InChI is InChI=1S/C17H10ClF3N4O/c18-9-2-1-3-10(6-9)24-17(26)13-7-14(23-8-22-13)25-12-5-4-11(19)15(20)16(12)21/h1-8H,(H,24,26)(H,22,23,25). The molecule has 3 rings (SSSR count). The molecule has 0 spiro atoms. The molecule has 0 radical (unpaired) electrons. The van der Waals surface area contributed by atoms with E-state index in [9.17, 15) is 18.0 Å². The van der Waals surface area contributed by atoms with Crippen molar-refractivity contribution in [1.29, 1.82) is 0 Å². The van der Waals surface area contributed by atoms with Gasteiger partial charge in [0.25, 0.3) is 5.91 Å². The second kappa shape index (κ2) is 7.40. The lowest BCUT2D eigenvalue weighted by molar-refractivity contribution is 0.102. The molecule has 1 amide bonds. The van der Waals surface area contributed by atoms with Gasteiger partial charge in [-0.15, -0.1) is 0 Å². The molecule has 3 aromatic rings. The van der Waals surface area contributed by atoms with Gasteiger partial charge in [0.1, 0.15) is 17.8 Å². The fraction of sp³-hybridized carbons (Fsp3) is 0. The lowest BCUT2D eigenvalue weighted by Gasteiger charge is -2.09. The first-order valence-electron chi connectivity index (χ1n) is 7.23. The number of nitrogens with one attached hydrogen (secondary N) is 2. The zero-order chi connectivity index (χ0) is 18.7. The third-order valence-corrected chi connectivity index (χ3v) is 3.52. The topological polar surface area (TPSA) is 66.9 Å². The van der Waals surface area contributed by atoms with E-state index in [1.54, 1.807) is 24.3 Å². The fourth-order valence-corrected chi connectivity index (χ4v) is 2.26. The Morgan fingerprint density at radius 3 is 2.58 bits per heavy atom. The highest BCUT2D eigenvalue weighted by Crippen LogP contribution is 2.23. The molecule has 1 heterocycles. The van der Waals surface area contributed by atoms with E-state index in [0.29, 0.717) is 10.7 Å². The first kappa shape index (κ1) is 17.7.